The van der Waals surface area contributed by atoms with Crippen LogP contribution in [0.5, 0.6) is 5.75 Å². The van der Waals surface area contributed by atoms with Gasteiger partial charge in [0, 0.05) is 5.56 Å². The summed E-state index contributed by atoms with van der Waals surface area (Å²) in [5.41, 5.74) is 0.0748. The highest BCUT2D eigenvalue weighted by atomic mass is 19.2. The fourth-order valence-electron chi connectivity index (χ4n) is 5.67. The van der Waals surface area contributed by atoms with Gasteiger partial charge in [0.1, 0.15) is 0 Å². The van der Waals surface area contributed by atoms with Crippen molar-refractivity contribution in [2.24, 2.45) is 23.7 Å². The van der Waals surface area contributed by atoms with Gasteiger partial charge in [0.25, 0.3) is 0 Å². The normalized spacial score (nSPS) is 28.9. The minimum Gasteiger partial charge on any atom is -0.491 e. The fourth-order valence-corrected chi connectivity index (χ4v) is 5.67. The third-order valence-corrected chi connectivity index (χ3v) is 7.48. The standard InChI is InChI=1S/C25H38F2O2/c1-3-5-6-17-7-9-18(10-8-17)19-11-13-20(14-12-19)25(28)21-15-16-22(29-4-2)24(27)23(21)26/h15-20,25,28H,3-14H2,1-2H3. The molecule has 3 rings (SSSR count). The van der Waals surface area contributed by atoms with E-state index in [1.165, 1.54) is 57.1 Å². The monoisotopic (exact) mass is 408 g/mol. The third kappa shape index (κ3) is 5.51. The molecular formula is C25H38F2O2. The average Bonchev–Trinajstić information content (AvgIpc) is 2.76. The molecule has 4 heteroatoms. The highest BCUT2D eigenvalue weighted by Crippen LogP contribution is 2.45. The van der Waals surface area contributed by atoms with Gasteiger partial charge >= 0.3 is 0 Å². The van der Waals surface area contributed by atoms with E-state index in [9.17, 15) is 13.9 Å². The fraction of sp³-hybridized carbons (Fsp3) is 0.760. The van der Waals surface area contributed by atoms with Crippen LogP contribution in [0.2, 0.25) is 0 Å². The second-order valence-corrected chi connectivity index (χ2v) is 9.26. The Morgan fingerprint density at radius 1 is 0.931 bits per heavy atom. The van der Waals surface area contributed by atoms with Crippen molar-refractivity contribution in [3.8, 4) is 5.75 Å². The number of hydrogen-bond acceptors (Lipinski definition) is 2. The van der Waals surface area contributed by atoms with Gasteiger partial charge in [-0.2, -0.15) is 4.39 Å². The molecule has 0 aromatic heterocycles. The summed E-state index contributed by atoms with van der Waals surface area (Å²) in [6.07, 6.45) is 12.6. The maximum Gasteiger partial charge on any atom is 0.200 e. The SMILES string of the molecule is CCCCC1CCC(C2CCC(C(O)c3ccc(OCC)c(F)c3F)CC2)CC1. The van der Waals surface area contributed by atoms with E-state index < -0.39 is 17.7 Å². The maximum absolute atomic E-state index is 14.5. The molecule has 1 atom stereocenters. The molecule has 2 aliphatic carbocycles. The summed E-state index contributed by atoms with van der Waals surface area (Å²) in [4.78, 5) is 0. The van der Waals surface area contributed by atoms with Crippen LogP contribution in [-0.4, -0.2) is 11.7 Å². The predicted octanol–water partition coefficient (Wildman–Crippen LogP) is 7.20. The molecule has 2 nitrogen and oxygen atoms in total. The largest absolute Gasteiger partial charge is 0.491 e. The molecule has 0 amide bonds. The Morgan fingerprint density at radius 3 is 2.14 bits per heavy atom. The topological polar surface area (TPSA) is 29.5 Å². The number of ether oxygens (including phenoxy) is 1. The molecular weight excluding hydrogens is 370 g/mol. The lowest BCUT2D eigenvalue weighted by Crippen LogP contribution is -2.28. The van der Waals surface area contributed by atoms with Crippen molar-refractivity contribution < 1.29 is 18.6 Å². The van der Waals surface area contributed by atoms with Crippen molar-refractivity contribution in [1.82, 2.24) is 0 Å². The van der Waals surface area contributed by atoms with E-state index in [0.717, 1.165) is 43.4 Å². The molecule has 0 heterocycles. The van der Waals surface area contributed by atoms with Crippen LogP contribution in [-0.2, 0) is 0 Å². The van der Waals surface area contributed by atoms with E-state index in [-0.39, 0.29) is 23.8 Å². The van der Waals surface area contributed by atoms with E-state index >= 15 is 0 Å². The van der Waals surface area contributed by atoms with Gasteiger partial charge in [-0.3, -0.25) is 0 Å². The van der Waals surface area contributed by atoms with Crippen LogP contribution in [0, 0.1) is 35.3 Å². The van der Waals surface area contributed by atoms with Crippen LogP contribution < -0.4 is 4.74 Å². The van der Waals surface area contributed by atoms with Gasteiger partial charge in [-0.1, -0.05) is 39.0 Å². The zero-order valence-corrected chi connectivity index (χ0v) is 18.1. The molecule has 164 valence electrons. The van der Waals surface area contributed by atoms with E-state index in [0.29, 0.717) is 0 Å². The number of unbranched alkanes of at least 4 members (excludes halogenated alkanes) is 1. The first-order valence-corrected chi connectivity index (χ1v) is 11.8. The van der Waals surface area contributed by atoms with Crippen molar-refractivity contribution in [3.05, 3.63) is 29.3 Å². The van der Waals surface area contributed by atoms with Gasteiger partial charge < -0.3 is 9.84 Å². The molecule has 0 radical (unpaired) electrons. The minimum atomic E-state index is -0.989. The van der Waals surface area contributed by atoms with Crippen LogP contribution >= 0.6 is 0 Å². The van der Waals surface area contributed by atoms with Crippen molar-refractivity contribution in [1.29, 1.82) is 0 Å². The quantitative estimate of drug-likeness (QED) is 0.493. The number of aliphatic hydroxyl groups excluding tert-OH is 1. The second kappa shape index (κ2) is 10.7. The summed E-state index contributed by atoms with van der Waals surface area (Å²) in [5, 5.41) is 10.7. The lowest BCUT2D eigenvalue weighted by Gasteiger charge is -2.39. The second-order valence-electron chi connectivity index (χ2n) is 9.26. The molecule has 0 saturated heterocycles. The molecule has 0 bridgehead atoms. The van der Waals surface area contributed by atoms with Gasteiger partial charge in [0.05, 0.1) is 12.7 Å². The molecule has 2 fully saturated rings. The third-order valence-electron chi connectivity index (χ3n) is 7.48. The summed E-state index contributed by atoms with van der Waals surface area (Å²) in [6, 6.07) is 2.92. The Hall–Kier alpha value is -1.16. The highest BCUT2D eigenvalue weighted by Gasteiger charge is 2.34. The first kappa shape index (κ1) is 22.5. The van der Waals surface area contributed by atoms with E-state index in [1.54, 1.807) is 6.92 Å². The van der Waals surface area contributed by atoms with Crippen molar-refractivity contribution in [3.63, 3.8) is 0 Å². The summed E-state index contributed by atoms with van der Waals surface area (Å²) in [6.45, 7) is 4.28. The summed E-state index contributed by atoms with van der Waals surface area (Å²) >= 11 is 0. The van der Waals surface area contributed by atoms with Gasteiger partial charge in [-0.15, -0.1) is 0 Å². The smallest absolute Gasteiger partial charge is 0.200 e. The summed E-state index contributed by atoms with van der Waals surface area (Å²) < 4.78 is 33.8. The van der Waals surface area contributed by atoms with Crippen LogP contribution in [0.1, 0.15) is 96.1 Å². The molecule has 2 saturated carbocycles. The Labute approximate surface area is 175 Å². The predicted molar refractivity (Wildman–Crippen MR) is 113 cm³/mol. The summed E-state index contributed by atoms with van der Waals surface area (Å²) in [5.74, 6) is 0.478. The van der Waals surface area contributed by atoms with Crippen LogP contribution in [0.4, 0.5) is 8.78 Å². The minimum absolute atomic E-state index is 0.0130. The zero-order chi connectivity index (χ0) is 20.8. The van der Waals surface area contributed by atoms with Crippen molar-refractivity contribution in [2.45, 2.75) is 90.6 Å². The molecule has 2 aliphatic rings. The van der Waals surface area contributed by atoms with E-state index in [4.69, 9.17) is 4.74 Å². The van der Waals surface area contributed by atoms with Crippen LogP contribution in [0.25, 0.3) is 0 Å². The lowest BCUT2D eigenvalue weighted by molar-refractivity contribution is 0.0534. The average molecular weight is 409 g/mol. The molecule has 1 aromatic rings. The first-order valence-electron chi connectivity index (χ1n) is 11.8. The number of hydrogen-bond donors (Lipinski definition) is 1. The van der Waals surface area contributed by atoms with Crippen LogP contribution in [0.15, 0.2) is 12.1 Å². The highest BCUT2D eigenvalue weighted by molar-refractivity contribution is 5.32. The van der Waals surface area contributed by atoms with Gasteiger partial charge in [0.15, 0.2) is 11.6 Å². The molecule has 1 N–H and O–H groups in total. The lowest BCUT2D eigenvalue weighted by atomic mass is 9.67. The molecule has 1 aromatic carbocycles. The summed E-state index contributed by atoms with van der Waals surface area (Å²) in [7, 11) is 0. The van der Waals surface area contributed by atoms with Crippen LogP contribution in [0.3, 0.4) is 0 Å². The Kier molecular flexibility index (Phi) is 8.35. The van der Waals surface area contributed by atoms with Crippen molar-refractivity contribution >= 4 is 0 Å². The van der Waals surface area contributed by atoms with Gasteiger partial charge in [-0.05, 0) is 81.3 Å². The molecule has 0 aliphatic heterocycles. The number of aliphatic hydroxyl groups is 1. The number of halogens is 2. The van der Waals surface area contributed by atoms with Crippen molar-refractivity contribution in [2.75, 3.05) is 6.61 Å². The Balaban J connectivity index is 1.51. The Morgan fingerprint density at radius 2 is 1.55 bits per heavy atom. The van der Waals surface area contributed by atoms with Gasteiger partial charge in [-0.25, -0.2) is 4.39 Å². The van der Waals surface area contributed by atoms with E-state index in [1.807, 2.05) is 0 Å². The maximum atomic E-state index is 14.5. The van der Waals surface area contributed by atoms with E-state index in [2.05, 4.69) is 6.92 Å². The zero-order valence-electron chi connectivity index (χ0n) is 18.1. The molecule has 1 unspecified atom stereocenters. The van der Waals surface area contributed by atoms with Gasteiger partial charge in [0.2, 0.25) is 5.82 Å². The number of rotatable bonds is 8. The Bertz CT molecular complexity index is 632. The number of benzene rings is 1. The molecule has 0 spiro atoms. The molecule has 29 heavy (non-hydrogen) atoms. The first-order chi connectivity index (χ1) is 14.0.